The first-order valence-corrected chi connectivity index (χ1v) is 4.87. The maximum atomic E-state index is 11.2. The molecule has 0 bridgehead atoms. The first-order chi connectivity index (χ1) is 7.69. The molecule has 0 aliphatic heterocycles. The van der Waals surface area contributed by atoms with Gasteiger partial charge in [0.1, 0.15) is 11.3 Å². The maximum absolute atomic E-state index is 11.2. The minimum atomic E-state index is -0.566. The fourth-order valence-electron chi connectivity index (χ4n) is 1.23. The third-order valence-electron chi connectivity index (χ3n) is 2.03. The molecule has 4 nitrogen and oxygen atoms in total. The van der Waals surface area contributed by atoms with Crippen molar-refractivity contribution in [2.24, 2.45) is 0 Å². The average Bonchev–Trinajstić information content (AvgIpc) is 2.29. The Labute approximate surface area is 93.8 Å². The Morgan fingerprint density at radius 1 is 1.50 bits per heavy atom. The van der Waals surface area contributed by atoms with Crippen molar-refractivity contribution in [1.29, 1.82) is 0 Å². The summed E-state index contributed by atoms with van der Waals surface area (Å²) < 4.78 is 4.51. The standard InChI is InChI=1S/C12H14O4/c1-16-12(15)10-6-5-9(8-11(10)14)4-2-3-7-13/h2,4-6,8,13-14H,3,7H2,1H3. The molecule has 0 saturated heterocycles. The second kappa shape index (κ2) is 5.92. The lowest BCUT2D eigenvalue weighted by molar-refractivity contribution is 0.0597. The van der Waals surface area contributed by atoms with Crippen molar-refractivity contribution in [2.75, 3.05) is 13.7 Å². The summed E-state index contributed by atoms with van der Waals surface area (Å²) in [5.74, 6) is -0.679. The van der Waals surface area contributed by atoms with Crippen LogP contribution in [0.5, 0.6) is 5.75 Å². The Hall–Kier alpha value is -1.81. The number of ether oxygens (including phenoxy) is 1. The largest absolute Gasteiger partial charge is 0.507 e. The Morgan fingerprint density at radius 2 is 2.25 bits per heavy atom. The van der Waals surface area contributed by atoms with E-state index in [-0.39, 0.29) is 17.9 Å². The lowest BCUT2D eigenvalue weighted by Gasteiger charge is -2.03. The molecule has 0 fully saturated rings. The van der Waals surface area contributed by atoms with E-state index >= 15 is 0 Å². The van der Waals surface area contributed by atoms with Gasteiger partial charge >= 0.3 is 5.97 Å². The highest BCUT2D eigenvalue weighted by atomic mass is 16.5. The van der Waals surface area contributed by atoms with Gasteiger partial charge in [0.2, 0.25) is 0 Å². The van der Waals surface area contributed by atoms with E-state index in [1.807, 2.05) is 0 Å². The predicted octanol–water partition coefficient (Wildman–Crippen LogP) is 1.57. The van der Waals surface area contributed by atoms with Crippen LogP contribution < -0.4 is 0 Å². The van der Waals surface area contributed by atoms with Gasteiger partial charge in [-0.15, -0.1) is 0 Å². The Morgan fingerprint density at radius 3 is 2.81 bits per heavy atom. The number of carbonyl (C=O) groups excluding carboxylic acids is 1. The number of phenolic OH excluding ortho intramolecular Hbond substituents is 1. The van der Waals surface area contributed by atoms with Gasteiger partial charge in [-0.2, -0.15) is 0 Å². The van der Waals surface area contributed by atoms with Crippen molar-refractivity contribution >= 4 is 12.0 Å². The number of hydrogen-bond acceptors (Lipinski definition) is 4. The fraction of sp³-hybridized carbons (Fsp3) is 0.250. The van der Waals surface area contributed by atoms with Crippen LogP contribution in [-0.2, 0) is 4.74 Å². The summed E-state index contributed by atoms with van der Waals surface area (Å²) >= 11 is 0. The molecule has 1 aromatic carbocycles. The van der Waals surface area contributed by atoms with Crippen LogP contribution in [-0.4, -0.2) is 29.9 Å². The second-order valence-electron chi connectivity index (χ2n) is 3.18. The van der Waals surface area contributed by atoms with E-state index in [9.17, 15) is 9.90 Å². The number of aromatic hydroxyl groups is 1. The number of aliphatic hydroxyl groups excluding tert-OH is 1. The van der Waals surface area contributed by atoms with Crippen LogP contribution in [0, 0.1) is 0 Å². The second-order valence-corrected chi connectivity index (χ2v) is 3.18. The summed E-state index contributed by atoms with van der Waals surface area (Å²) in [5.41, 5.74) is 0.903. The van der Waals surface area contributed by atoms with Gasteiger partial charge in [-0.3, -0.25) is 0 Å². The average molecular weight is 222 g/mol. The molecule has 0 aromatic heterocycles. The van der Waals surface area contributed by atoms with Gasteiger partial charge < -0.3 is 14.9 Å². The van der Waals surface area contributed by atoms with E-state index < -0.39 is 5.97 Å². The van der Waals surface area contributed by atoms with E-state index in [1.54, 1.807) is 18.2 Å². The van der Waals surface area contributed by atoms with E-state index in [4.69, 9.17) is 5.11 Å². The molecular weight excluding hydrogens is 208 g/mol. The number of aliphatic hydroxyl groups is 1. The van der Waals surface area contributed by atoms with Crippen molar-refractivity contribution in [1.82, 2.24) is 0 Å². The maximum Gasteiger partial charge on any atom is 0.341 e. The molecule has 1 rings (SSSR count). The third kappa shape index (κ3) is 3.10. The summed E-state index contributed by atoms with van der Waals surface area (Å²) in [6.07, 6.45) is 4.10. The Bertz CT molecular complexity index is 396. The predicted molar refractivity (Wildman–Crippen MR) is 60.2 cm³/mol. The summed E-state index contributed by atoms with van der Waals surface area (Å²) in [5, 5.41) is 18.2. The highest BCUT2D eigenvalue weighted by Gasteiger charge is 2.10. The zero-order valence-corrected chi connectivity index (χ0v) is 9.01. The van der Waals surface area contributed by atoms with Crippen molar-refractivity contribution in [2.45, 2.75) is 6.42 Å². The number of carbonyl (C=O) groups is 1. The lowest BCUT2D eigenvalue weighted by Crippen LogP contribution is -2.01. The van der Waals surface area contributed by atoms with Gasteiger partial charge in [0.25, 0.3) is 0 Å². The van der Waals surface area contributed by atoms with Crippen LogP contribution in [0.2, 0.25) is 0 Å². The van der Waals surface area contributed by atoms with E-state index in [2.05, 4.69) is 4.74 Å². The lowest BCUT2D eigenvalue weighted by atomic mass is 10.1. The molecule has 86 valence electrons. The van der Waals surface area contributed by atoms with Crippen LogP contribution in [0.15, 0.2) is 24.3 Å². The Balaban J connectivity index is 2.86. The van der Waals surface area contributed by atoms with E-state index in [0.29, 0.717) is 6.42 Å². The molecule has 1 aromatic rings. The van der Waals surface area contributed by atoms with Gasteiger partial charge in [-0.25, -0.2) is 4.79 Å². The van der Waals surface area contributed by atoms with Gasteiger partial charge in [0, 0.05) is 6.61 Å². The SMILES string of the molecule is COC(=O)c1ccc(C=CCCO)cc1O. The zero-order valence-electron chi connectivity index (χ0n) is 9.01. The third-order valence-corrected chi connectivity index (χ3v) is 2.03. The van der Waals surface area contributed by atoms with E-state index in [0.717, 1.165) is 5.56 Å². The van der Waals surface area contributed by atoms with Crippen LogP contribution in [0.25, 0.3) is 6.08 Å². The highest BCUT2D eigenvalue weighted by Crippen LogP contribution is 2.20. The smallest absolute Gasteiger partial charge is 0.341 e. The topological polar surface area (TPSA) is 66.8 Å². The first kappa shape index (κ1) is 12.3. The fourth-order valence-corrected chi connectivity index (χ4v) is 1.23. The molecule has 0 radical (unpaired) electrons. The van der Waals surface area contributed by atoms with E-state index in [1.165, 1.54) is 19.2 Å². The summed E-state index contributed by atoms with van der Waals surface area (Å²) in [6.45, 7) is 0.0860. The number of benzene rings is 1. The normalized spacial score (nSPS) is 10.6. The van der Waals surface area contributed by atoms with Crippen LogP contribution in [0.3, 0.4) is 0 Å². The monoisotopic (exact) mass is 222 g/mol. The molecule has 0 unspecified atom stereocenters. The van der Waals surface area contributed by atoms with Gasteiger partial charge in [-0.1, -0.05) is 18.2 Å². The summed E-state index contributed by atoms with van der Waals surface area (Å²) in [4.78, 5) is 11.2. The minimum Gasteiger partial charge on any atom is -0.507 e. The van der Waals surface area contributed by atoms with Crippen molar-refractivity contribution < 1.29 is 19.7 Å². The van der Waals surface area contributed by atoms with Crippen molar-refractivity contribution in [3.63, 3.8) is 0 Å². The van der Waals surface area contributed by atoms with Crippen molar-refractivity contribution in [3.8, 4) is 5.75 Å². The summed E-state index contributed by atoms with van der Waals surface area (Å²) in [7, 11) is 1.26. The molecule has 0 spiro atoms. The molecular formula is C12H14O4. The highest BCUT2D eigenvalue weighted by molar-refractivity contribution is 5.92. The van der Waals surface area contributed by atoms with Crippen LogP contribution in [0.1, 0.15) is 22.3 Å². The molecule has 2 N–H and O–H groups in total. The molecule has 0 aliphatic rings. The molecule has 0 heterocycles. The van der Waals surface area contributed by atoms with Crippen molar-refractivity contribution in [3.05, 3.63) is 35.4 Å². The van der Waals surface area contributed by atoms with Crippen LogP contribution in [0.4, 0.5) is 0 Å². The van der Waals surface area contributed by atoms with Crippen LogP contribution >= 0.6 is 0 Å². The van der Waals surface area contributed by atoms with Gasteiger partial charge in [-0.05, 0) is 24.1 Å². The molecule has 0 aliphatic carbocycles. The summed E-state index contributed by atoms with van der Waals surface area (Å²) in [6, 6.07) is 4.67. The number of phenols is 1. The number of hydrogen-bond donors (Lipinski definition) is 2. The minimum absolute atomic E-state index is 0.0860. The molecule has 16 heavy (non-hydrogen) atoms. The Kier molecular flexibility index (Phi) is 4.54. The number of esters is 1. The quantitative estimate of drug-likeness (QED) is 0.759. The zero-order chi connectivity index (χ0) is 12.0. The molecule has 0 saturated carbocycles. The number of methoxy groups -OCH3 is 1. The van der Waals surface area contributed by atoms with Gasteiger partial charge in [0.15, 0.2) is 0 Å². The molecule has 4 heteroatoms. The number of rotatable bonds is 4. The first-order valence-electron chi connectivity index (χ1n) is 4.87. The molecule has 0 amide bonds. The molecule has 0 atom stereocenters. The van der Waals surface area contributed by atoms with Gasteiger partial charge in [0.05, 0.1) is 7.11 Å².